The molecular weight excluding hydrogens is 875 g/mol. The van der Waals surface area contributed by atoms with Crippen molar-refractivity contribution in [3.63, 3.8) is 0 Å². The molecule has 2 saturated heterocycles. The Kier molecular flexibility index (Phi) is 16.1. The number of likely N-dealkylation sites (tertiary alicyclic amines) is 1. The number of fused-ring (bicyclic) bond motifs is 2. The number of pyridine rings is 1. The van der Waals surface area contributed by atoms with E-state index in [0.29, 0.717) is 43.0 Å². The van der Waals surface area contributed by atoms with Gasteiger partial charge in [-0.2, -0.15) is 0 Å². The Labute approximate surface area is 386 Å². The molecule has 16 nitrogen and oxygen atoms in total. The molecule has 3 amide bonds. The van der Waals surface area contributed by atoms with Crippen molar-refractivity contribution in [2.45, 2.75) is 83.1 Å². The number of nitrogens with zero attached hydrogens (tertiary/aromatic N) is 6. The number of aromatic nitrogens is 3. The van der Waals surface area contributed by atoms with Gasteiger partial charge in [0.1, 0.15) is 30.2 Å². The molecular formula is C47H60F2N8O8S. The number of hydrogen-bond acceptors (Lipinski definition) is 13. The number of piperazine rings is 1. The first-order valence-corrected chi connectivity index (χ1v) is 24.0. The summed E-state index contributed by atoms with van der Waals surface area (Å²) in [6.45, 7) is 6.76. The lowest BCUT2D eigenvalue weighted by molar-refractivity contribution is -0.140. The van der Waals surface area contributed by atoms with Gasteiger partial charge in [0.2, 0.25) is 11.8 Å². The van der Waals surface area contributed by atoms with Crippen molar-refractivity contribution in [3.05, 3.63) is 71.1 Å². The molecule has 3 fully saturated rings. The van der Waals surface area contributed by atoms with Crippen molar-refractivity contribution >= 4 is 50.2 Å². The Morgan fingerprint density at radius 2 is 1.61 bits per heavy atom. The number of benzene rings is 1. The predicted octanol–water partition coefficient (Wildman–Crippen LogP) is 5.63. The van der Waals surface area contributed by atoms with Crippen LogP contribution in [0, 0.1) is 17.6 Å². The maximum absolute atomic E-state index is 14.5. The van der Waals surface area contributed by atoms with Gasteiger partial charge in [0.05, 0.1) is 54.7 Å². The highest BCUT2D eigenvalue weighted by Crippen LogP contribution is 2.32. The number of amides is 3. The van der Waals surface area contributed by atoms with Crippen molar-refractivity contribution in [3.8, 4) is 11.6 Å². The van der Waals surface area contributed by atoms with Crippen molar-refractivity contribution in [1.82, 2.24) is 40.0 Å². The van der Waals surface area contributed by atoms with Gasteiger partial charge in [-0.1, -0.05) is 19.3 Å². The average molecular weight is 935 g/mol. The summed E-state index contributed by atoms with van der Waals surface area (Å²) in [5.41, 5.74) is 1.60. The van der Waals surface area contributed by atoms with Crippen LogP contribution in [0.4, 0.5) is 8.78 Å². The Hall–Kier alpha value is -5.21. The number of ether oxygens (including phenoxy) is 4. The molecule has 19 heteroatoms. The number of nitrogens with one attached hydrogen (secondary N) is 2. The number of carbonyl (C=O) groups is 3. The van der Waals surface area contributed by atoms with E-state index in [0.717, 1.165) is 91.9 Å². The number of halogens is 2. The summed E-state index contributed by atoms with van der Waals surface area (Å²) in [6.07, 6.45) is 8.65. The van der Waals surface area contributed by atoms with Crippen LogP contribution in [0.1, 0.15) is 68.1 Å². The minimum absolute atomic E-state index is 0.0574. The Morgan fingerprint density at radius 3 is 2.38 bits per heavy atom. The third-order valence-electron chi connectivity index (χ3n) is 12.9. The molecule has 0 bridgehead atoms. The zero-order valence-electron chi connectivity index (χ0n) is 37.7. The van der Waals surface area contributed by atoms with Crippen LogP contribution in [0.15, 0.2) is 52.5 Å². The first kappa shape index (κ1) is 47.3. The second kappa shape index (κ2) is 22.5. The molecule has 1 aliphatic carbocycles. The van der Waals surface area contributed by atoms with Crippen molar-refractivity contribution in [2.24, 2.45) is 5.92 Å². The van der Waals surface area contributed by atoms with Crippen LogP contribution in [0.3, 0.4) is 0 Å². The summed E-state index contributed by atoms with van der Waals surface area (Å²) >= 11 is 1.64. The molecule has 2 aliphatic heterocycles. The van der Waals surface area contributed by atoms with Crippen molar-refractivity contribution in [1.29, 1.82) is 0 Å². The third-order valence-corrected chi connectivity index (χ3v) is 13.8. The minimum atomic E-state index is -1.02. The van der Waals surface area contributed by atoms with Gasteiger partial charge in [-0.05, 0) is 80.4 Å². The maximum Gasteiger partial charge on any atom is 0.270 e. The number of piperidine rings is 1. The van der Waals surface area contributed by atoms with Gasteiger partial charge in [-0.3, -0.25) is 24.3 Å². The normalized spacial score (nSPS) is 17.6. The van der Waals surface area contributed by atoms with Crippen molar-refractivity contribution < 1.29 is 46.6 Å². The van der Waals surface area contributed by atoms with E-state index >= 15 is 0 Å². The van der Waals surface area contributed by atoms with Crippen LogP contribution >= 0.6 is 11.3 Å². The van der Waals surface area contributed by atoms with Gasteiger partial charge in [-0.25, -0.2) is 8.78 Å². The third kappa shape index (κ3) is 11.7. The molecule has 8 rings (SSSR count). The number of thiophene rings is 1. The van der Waals surface area contributed by atoms with Crippen molar-refractivity contribution in [2.75, 3.05) is 79.4 Å². The Morgan fingerprint density at radius 1 is 0.879 bits per heavy atom. The summed E-state index contributed by atoms with van der Waals surface area (Å²) < 4.78 is 60.8. The lowest BCUT2D eigenvalue weighted by Gasteiger charge is -2.39. The van der Waals surface area contributed by atoms with E-state index in [4.69, 9.17) is 23.5 Å². The van der Waals surface area contributed by atoms with Gasteiger partial charge < -0.3 is 48.5 Å². The second-order valence-corrected chi connectivity index (χ2v) is 18.2. The second-order valence-electron chi connectivity index (χ2n) is 17.3. The molecule has 5 aromatic rings. The van der Waals surface area contributed by atoms with Crippen LogP contribution in [0.5, 0.6) is 11.6 Å². The molecule has 1 saturated carbocycles. The number of hydrogen-bond donors (Lipinski definition) is 2. The SMILES string of the molecule is CN[C@@H](C)C(=O)N[C@H](C(=O)N1CCN(C(=O)c2cc3cc(F)c(F)cc3n2CCOCCOCCOc2cc(CN3CCC(Oc4ccnc5ccsc45)CC3)on2)CC1)C1CCCCC1. The van der Waals surface area contributed by atoms with Crippen LogP contribution in [-0.2, 0) is 32.2 Å². The van der Waals surface area contributed by atoms with E-state index in [1.807, 2.05) is 17.5 Å². The van der Waals surface area contributed by atoms with Gasteiger partial charge >= 0.3 is 0 Å². The van der Waals surface area contributed by atoms with E-state index < -0.39 is 23.7 Å². The molecule has 1 aromatic carbocycles. The quantitative estimate of drug-likeness (QED) is 0.0927. The minimum Gasteiger partial charge on any atom is -0.489 e. The average Bonchev–Trinajstić information content (AvgIpc) is 4.10. The van der Waals surface area contributed by atoms with Crippen LogP contribution in [0.25, 0.3) is 21.1 Å². The molecule has 2 atom stereocenters. The predicted molar refractivity (Wildman–Crippen MR) is 244 cm³/mol. The summed E-state index contributed by atoms with van der Waals surface area (Å²) in [7, 11) is 1.71. The summed E-state index contributed by atoms with van der Waals surface area (Å²) in [5.74, 6) is -0.616. The summed E-state index contributed by atoms with van der Waals surface area (Å²) in [4.78, 5) is 51.0. The number of likely N-dealkylation sites (N-methyl/N-ethyl adjacent to an activating group) is 1. The van der Waals surface area contributed by atoms with Crippen LogP contribution in [-0.4, -0.2) is 145 Å². The van der Waals surface area contributed by atoms with Gasteiger partial charge in [0, 0.05) is 69.5 Å². The zero-order chi connectivity index (χ0) is 46.0. The topological polar surface area (TPSA) is 166 Å². The lowest BCUT2D eigenvalue weighted by Crippen LogP contribution is -2.59. The van der Waals surface area contributed by atoms with Crippen LogP contribution in [0.2, 0.25) is 0 Å². The highest BCUT2D eigenvalue weighted by atomic mass is 32.1. The molecule has 3 aliphatic rings. The maximum atomic E-state index is 14.5. The van der Waals surface area contributed by atoms with E-state index in [-0.39, 0.29) is 81.5 Å². The van der Waals surface area contributed by atoms with Crippen LogP contribution < -0.4 is 20.1 Å². The molecule has 2 N–H and O–H groups in total. The monoisotopic (exact) mass is 934 g/mol. The molecule has 4 aromatic heterocycles. The standard InChI is InChI=1S/C47H60F2N8O8S/c1-31(50-2)45(58)52-43(32-6-4-3-5-7-32)47(60)56-17-15-55(16-18-56)46(59)40-27-33-26-36(48)37(49)29-39(33)57(40)19-20-61-21-22-62-23-24-63-42-28-35(65-53-42)30-54-13-9-34(10-14-54)64-41-8-12-51-38-11-25-66-44(38)41/h8,11-12,25-29,31-32,34,43,50H,3-7,9-10,13-24,30H2,1-2H3,(H,52,58)/t31-,43-/m0/s1. The summed E-state index contributed by atoms with van der Waals surface area (Å²) in [5, 5.41) is 12.4. The first-order chi connectivity index (χ1) is 32.1. The largest absolute Gasteiger partial charge is 0.489 e. The summed E-state index contributed by atoms with van der Waals surface area (Å²) in [6, 6.07) is 8.43. The fraction of sp³-hybridized carbons (Fsp3) is 0.553. The molecule has 356 valence electrons. The Bertz CT molecular complexity index is 2410. The highest BCUT2D eigenvalue weighted by molar-refractivity contribution is 7.17. The lowest BCUT2D eigenvalue weighted by atomic mass is 9.83. The van der Waals surface area contributed by atoms with Gasteiger partial charge in [-0.15, -0.1) is 11.3 Å². The molecule has 66 heavy (non-hydrogen) atoms. The number of rotatable bonds is 20. The van der Waals surface area contributed by atoms with E-state index in [1.165, 1.54) is 0 Å². The number of carbonyl (C=O) groups excluding carboxylic acids is 3. The molecule has 0 spiro atoms. The van der Waals surface area contributed by atoms with E-state index in [2.05, 4.69) is 25.7 Å². The fourth-order valence-corrected chi connectivity index (χ4v) is 9.87. The Balaban J connectivity index is 0.752. The molecule has 0 radical (unpaired) electrons. The molecule has 6 heterocycles. The first-order valence-electron chi connectivity index (χ1n) is 23.1. The van der Waals surface area contributed by atoms with E-state index in [1.54, 1.807) is 58.0 Å². The molecule has 0 unspecified atom stereocenters. The smallest absolute Gasteiger partial charge is 0.270 e. The van der Waals surface area contributed by atoms with E-state index in [9.17, 15) is 23.2 Å². The fourth-order valence-electron chi connectivity index (χ4n) is 9.07. The van der Waals surface area contributed by atoms with Gasteiger partial charge in [0.15, 0.2) is 17.4 Å². The van der Waals surface area contributed by atoms with Gasteiger partial charge in [0.25, 0.3) is 11.8 Å². The highest BCUT2D eigenvalue weighted by Gasteiger charge is 2.37. The zero-order valence-corrected chi connectivity index (χ0v) is 38.5.